The van der Waals surface area contributed by atoms with Crippen molar-refractivity contribution in [2.45, 2.75) is 70.3 Å². The molecule has 2 unspecified atom stereocenters. The van der Waals surface area contributed by atoms with Gasteiger partial charge in [0.1, 0.15) is 5.82 Å². The minimum atomic E-state index is -0.273. The lowest BCUT2D eigenvalue weighted by Gasteiger charge is -2.35. The summed E-state index contributed by atoms with van der Waals surface area (Å²) >= 11 is 0. The molecule has 3 N–H and O–H groups in total. The molecule has 0 aliphatic heterocycles. The summed E-state index contributed by atoms with van der Waals surface area (Å²) in [6, 6.07) is 0. The normalized spacial score (nSPS) is 28.1. The molecule has 1 aromatic rings. The number of hydrogen-bond donors (Lipinski definition) is 2. The Hall–Kier alpha value is -0.830. The topological polar surface area (TPSA) is 54.7 Å². The number of nitrogens with two attached hydrogens (primary N) is 1. The summed E-state index contributed by atoms with van der Waals surface area (Å²) in [5, 5.41) is 0. The number of hydrogen-bond acceptors (Lipinski definition) is 2. The van der Waals surface area contributed by atoms with E-state index in [9.17, 15) is 0 Å². The maximum Gasteiger partial charge on any atom is 0.126 e. The first-order chi connectivity index (χ1) is 8.59. The second kappa shape index (κ2) is 4.37. The first-order valence-corrected chi connectivity index (χ1v) is 7.47. The van der Waals surface area contributed by atoms with Crippen LogP contribution in [0.5, 0.6) is 0 Å². The third-order valence-electron chi connectivity index (χ3n) is 5.07. The first-order valence-electron chi connectivity index (χ1n) is 7.47. The molecule has 0 saturated heterocycles. The lowest BCUT2D eigenvalue weighted by Crippen LogP contribution is -2.43. The van der Waals surface area contributed by atoms with Gasteiger partial charge in [0.2, 0.25) is 0 Å². The number of imidazole rings is 1. The van der Waals surface area contributed by atoms with Crippen LogP contribution in [0.2, 0.25) is 0 Å². The van der Waals surface area contributed by atoms with Crippen LogP contribution in [0.25, 0.3) is 0 Å². The van der Waals surface area contributed by atoms with Crippen LogP contribution in [0.1, 0.15) is 75.5 Å². The van der Waals surface area contributed by atoms with Crippen LogP contribution >= 0.6 is 0 Å². The number of aromatic nitrogens is 2. The van der Waals surface area contributed by atoms with Crippen molar-refractivity contribution in [2.24, 2.45) is 11.7 Å². The van der Waals surface area contributed by atoms with Crippen molar-refractivity contribution in [3.05, 3.63) is 17.2 Å². The highest BCUT2D eigenvalue weighted by molar-refractivity contribution is 5.26. The van der Waals surface area contributed by atoms with Gasteiger partial charge < -0.3 is 10.7 Å². The van der Waals surface area contributed by atoms with Gasteiger partial charge in [-0.3, -0.25) is 0 Å². The third-order valence-corrected chi connectivity index (χ3v) is 5.07. The van der Waals surface area contributed by atoms with E-state index in [2.05, 4.69) is 18.8 Å². The molecular formula is C15H25N3. The molecule has 3 heteroatoms. The molecule has 100 valence electrons. The van der Waals surface area contributed by atoms with Crippen molar-refractivity contribution in [1.29, 1.82) is 0 Å². The van der Waals surface area contributed by atoms with Gasteiger partial charge in [-0.25, -0.2) is 4.98 Å². The molecule has 1 aromatic heterocycles. The Bertz CT molecular complexity index is 427. The number of aryl methyl sites for hydroxylation is 1. The lowest BCUT2D eigenvalue weighted by molar-refractivity contribution is 0.215. The highest BCUT2D eigenvalue weighted by Gasteiger charge is 2.37. The average molecular weight is 247 g/mol. The first kappa shape index (κ1) is 12.2. The molecule has 0 spiro atoms. The zero-order valence-corrected chi connectivity index (χ0v) is 11.6. The van der Waals surface area contributed by atoms with Crippen LogP contribution in [-0.4, -0.2) is 9.97 Å². The van der Waals surface area contributed by atoms with Crippen molar-refractivity contribution >= 4 is 0 Å². The summed E-state index contributed by atoms with van der Waals surface area (Å²) < 4.78 is 0. The van der Waals surface area contributed by atoms with E-state index >= 15 is 0 Å². The fourth-order valence-corrected chi connectivity index (χ4v) is 3.67. The number of fused-ring (bicyclic) bond motifs is 1. The molecule has 18 heavy (non-hydrogen) atoms. The van der Waals surface area contributed by atoms with E-state index < -0.39 is 0 Å². The van der Waals surface area contributed by atoms with Crippen molar-refractivity contribution in [3.63, 3.8) is 0 Å². The van der Waals surface area contributed by atoms with Crippen LogP contribution in [0.3, 0.4) is 0 Å². The number of nitrogens with zero attached hydrogens (tertiary/aromatic N) is 1. The smallest absolute Gasteiger partial charge is 0.126 e. The van der Waals surface area contributed by atoms with Crippen LogP contribution in [-0.2, 0) is 12.0 Å². The molecule has 1 heterocycles. The summed E-state index contributed by atoms with van der Waals surface area (Å²) in [4.78, 5) is 8.36. The Morgan fingerprint density at radius 3 is 2.61 bits per heavy atom. The highest BCUT2D eigenvalue weighted by atomic mass is 15.0. The fraction of sp³-hybridized carbons (Fsp3) is 0.800. The van der Waals surface area contributed by atoms with E-state index in [1.807, 2.05) is 0 Å². The van der Waals surface area contributed by atoms with Crippen LogP contribution < -0.4 is 5.73 Å². The van der Waals surface area contributed by atoms with Gasteiger partial charge in [0.15, 0.2) is 0 Å². The standard InChI is InChI=1S/C15H25N3/c1-10-8-9-12-13(10)18-14(17-12)15(2,16)11-6-4-3-5-7-11/h10-11H,3-9,16H2,1-2H3,(H,17,18). The number of rotatable bonds is 2. The Morgan fingerprint density at radius 1 is 1.22 bits per heavy atom. The van der Waals surface area contributed by atoms with Gasteiger partial charge >= 0.3 is 0 Å². The Kier molecular flexibility index (Phi) is 2.97. The van der Waals surface area contributed by atoms with E-state index in [1.54, 1.807) is 0 Å². The van der Waals surface area contributed by atoms with Gasteiger partial charge in [0.25, 0.3) is 0 Å². The summed E-state index contributed by atoms with van der Waals surface area (Å²) in [5.74, 6) is 2.23. The van der Waals surface area contributed by atoms with Crippen molar-refractivity contribution in [1.82, 2.24) is 9.97 Å². The molecule has 2 aliphatic carbocycles. The Morgan fingerprint density at radius 2 is 1.94 bits per heavy atom. The molecule has 0 bridgehead atoms. The highest BCUT2D eigenvalue weighted by Crippen LogP contribution is 2.38. The number of aromatic amines is 1. The Balaban J connectivity index is 1.86. The minimum Gasteiger partial charge on any atom is -0.344 e. The summed E-state index contributed by atoms with van der Waals surface area (Å²) in [6.07, 6.45) is 8.92. The molecule has 3 rings (SSSR count). The van der Waals surface area contributed by atoms with Crippen molar-refractivity contribution < 1.29 is 0 Å². The van der Waals surface area contributed by atoms with Gasteiger partial charge in [-0.2, -0.15) is 0 Å². The van der Waals surface area contributed by atoms with E-state index in [1.165, 1.54) is 49.9 Å². The zero-order chi connectivity index (χ0) is 12.8. The van der Waals surface area contributed by atoms with Crippen LogP contribution in [0.4, 0.5) is 0 Å². The van der Waals surface area contributed by atoms with Gasteiger partial charge in [0, 0.05) is 11.6 Å². The third kappa shape index (κ3) is 1.89. The zero-order valence-electron chi connectivity index (χ0n) is 11.6. The molecule has 0 radical (unpaired) electrons. The van der Waals surface area contributed by atoms with E-state index in [4.69, 9.17) is 10.7 Å². The van der Waals surface area contributed by atoms with Gasteiger partial charge in [-0.15, -0.1) is 0 Å². The number of nitrogens with one attached hydrogen (secondary N) is 1. The van der Waals surface area contributed by atoms with Crippen LogP contribution in [0, 0.1) is 5.92 Å². The van der Waals surface area contributed by atoms with Gasteiger partial charge in [0.05, 0.1) is 11.2 Å². The van der Waals surface area contributed by atoms with Crippen molar-refractivity contribution in [3.8, 4) is 0 Å². The second-order valence-corrected chi connectivity index (χ2v) is 6.51. The van der Waals surface area contributed by atoms with Gasteiger partial charge in [-0.1, -0.05) is 26.2 Å². The average Bonchev–Trinajstić information content (AvgIpc) is 2.94. The number of H-pyrrole nitrogens is 1. The molecule has 0 aromatic carbocycles. The molecule has 1 fully saturated rings. The van der Waals surface area contributed by atoms with Crippen molar-refractivity contribution in [2.75, 3.05) is 0 Å². The second-order valence-electron chi connectivity index (χ2n) is 6.51. The molecule has 2 atom stereocenters. The molecule has 3 nitrogen and oxygen atoms in total. The van der Waals surface area contributed by atoms with Gasteiger partial charge in [-0.05, 0) is 38.5 Å². The quantitative estimate of drug-likeness (QED) is 0.843. The molecule has 0 amide bonds. The summed E-state index contributed by atoms with van der Waals surface area (Å²) in [7, 11) is 0. The van der Waals surface area contributed by atoms with E-state index in [-0.39, 0.29) is 5.54 Å². The molecular weight excluding hydrogens is 222 g/mol. The maximum absolute atomic E-state index is 6.63. The monoisotopic (exact) mass is 247 g/mol. The summed E-state index contributed by atoms with van der Waals surface area (Å²) in [5.41, 5.74) is 8.97. The SMILES string of the molecule is CC1CCc2[nH]c(C(C)(N)C3CCCCC3)nc21. The predicted molar refractivity (Wildman–Crippen MR) is 73.4 cm³/mol. The maximum atomic E-state index is 6.63. The lowest BCUT2D eigenvalue weighted by atomic mass is 9.76. The largest absolute Gasteiger partial charge is 0.344 e. The fourth-order valence-electron chi connectivity index (χ4n) is 3.67. The molecule has 1 saturated carbocycles. The molecule has 2 aliphatic rings. The van der Waals surface area contributed by atoms with E-state index in [0.717, 1.165) is 12.2 Å². The van der Waals surface area contributed by atoms with Crippen LogP contribution in [0.15, 0.2) is 0 Å². The summed E-state index contributed by atoms with van der Waals surface area (Å²) in [6.45, 7) is 4.44. The minimum absolute atomic E-state index is 0.273. The van der Waals surface area contributed by atoms with E-state index in [0.29, 0.717) is 11.8 Å². The predicted octanol–water partition coefficient (Wildman–Crippen LogP) is 3.21. The Labute approximate surface area is 110 Å².